The van der Waals surface area contributed by atoms with Crippen molar-refractivity contribution in [3.05, 3.63) is 0 Å². The summed E-state index contributed by atoms with van der Waals surface area (Å²) in [4.78, 5) is 113. The zero-order valence-corrected chi connectivity index (χ0v) is 27.6. The molecule has 13 heteroatoms. The fraction of sp³-hybridized carbons (Fsp3) is 0.667. The fourth-order valence-corrected chi connectivity index (χ4v) is 6.56. The Kier molecular flexibility index (Phi) is 12.6. The summed E-state index contributed by atoms with van der Waals surface area (Å²) in [7, 11) is 0. The summed E-state index contributed by atoms with van der Waals surface area (Å²) in [6.07, 6.45) is 0. The van der Waals surface area contributed by atoms with Gasteiger partial charge in [-0.1, -0.05) is 0 Å². The van der Waals surface area contributed by atoms with Gasteiger partial charge in [0, 0.05) is 0 Å². The Morgan fingerprint density at radius 2 is 0.600 bits per heavy atom. The first-order valence-electron chi connectivity index (χ1n) is 12.5. The van der Waals surface area contributed by atoms with Crippen molar-refractivity contribution in [1.29, 1.82) is 0 Å². The number of carbonyl (C=O) groups is 9. The van der Waals surface area contributed by atoms with Crippen molar-refractivity contribution in [2.45, 2.75) is 83.1 Å². The topological polar surface area (TPSA) is 181 Å². The van der Waals surface area contributed by atoms with E-state index in [1.54, 1.807) is 0 Å². The van der Waals surface area contributed by atoms with Gasteiger partial charge in [0.25, 0.3) is 0 Å². The van der Waals surface area contributed by atoms with Crippen LogP contribution in [-0.4, -0.2) is 69.9 Å². The van der Waals surface area contributed by atoms with Gasteiger partial charge in [-0.25, -0.2) is 0 Å². The van der Waals surface area contributed by atoms with Crippen LogP contribution >= 0.6 is 0 Å². The molecule has 222 valence electrons. The number of carbonyl (C=O) groups excluding carboxylic acids is 9. The first-order valence-corrected chi connectivity index (χ1v) is 15.5. The average Bonchev–Trinajstić information content (AvgIpc) is 2.69. The molecule has 0 aliphatic heterocycles. The van der Waals surface area contributed by atoms with E-state index >= 15 is 0 Å². The van der Waals surface area contributed by atoms with Crippen LogP contribution < -0.4 is 0 Å². The second kappa shape index (κ2) is 13.6. The molecule has 0 bridgehead atoms. The van der Waals surface area contributed by atoms with Crippen molar-refractivity contribution in [3.63, 3.8) is 0 Å². The van der Waals surface area contributed by atoms with Gasteiger partial charge in [0.1, 0.15) is 0 Å². The van der Waals surface area contributed by atoms with Gasteiger partial charge in [0.05, 0.1) is 0 Å². The zero-order chi connectivity index (χ0) is 32.1. The van der Waals surface area contributed by atoms with E-state index < -0.39 is 104 Å². The van der Waals surface area contributed by atoms with Gasteiger partial charge in [0.2, 0.25) is 0 Å². The van der Waals surface area contributed by atoms with Crippen molar-refractivity contribution < 1.29 is 53.7 Å². The monoisotopic (exact) mass is 624 g/mol. The maximum absolute atomic E-state index is 12.8. The minimum atomic E-state index is -5.12. The molecule has 0 amide bonds. The molecule has 0 aliphatic rings. The summed E-state index contributed by atoms with van der Waals surface area (Å²) in [5, 5.41) is 0. The first kappa shape index (κ1) is 37.1. The molecule has 0 aromatic heterocycles. The SMILES string of the molecule is CC(=O)C(C(=O)C(=O)[O][Ga]([O]C(=O)C(=O)C(C(C)=O)C(C)(C)C)[O]C(=O)C(=O)C(C(C)=O)C(C)(C)C)C(C)(C)C. The molecule has 0 aromatic rings. The third-order valence-corrected chi connectivity index (χ3v) is 8.38. The number of hydrogen-bond acceptors (Lipinski definition) is 12. The predicted octanol–water partition coefficient (Wildman–Crippen LogP) is 2.06. The minimum absolute atomic E-state index is 0.665. The summed E-state index contributed by atoms with van der Waals surface area (Å²) < 4.78 is 14.8. The standard InChI is InChI=1S/3C9H14O4.Ga/c3*1-5(10)6(9(2,3)4)7(11)8(12)13;/h3*6H,1-4H3,(H,12,13);/q;;;+3/p-3. The van der Waals surface area contributed by atoms with Crippen LogP contribution in [0.3, 0.4) is 0 Å². The van der Waals surface area contributed by atoms with Crippen LogP contribution in [0.1, 0.15) is 83.1 Å². The molecule has 0 saturated carbocycles. The van der Waals surface area contributed by atoms with E-state index in [1.165, 1.54) is 62.3 Å². The van der Waals surface area contributed by atoms with Crippen molar-refractivity contribution in [2.24, 2.45) is 34.0 Å². The van der Waals surface area contributed by atoms with Gasteiger partial charge in [-0.05, 0) is 0 Å². The van der Waals surface area contributed by atoms with E-state index in [0.29, 0.717) is 0 Å². The Bertz CT molecular complexity index is 960. The Hall–Kier alpha value is -2.93. The van der Waals surface area contributed by atoms with Gasteiger partial charge < -0.3 is 0 Å². The summed E-state index contributed by atoms with van der Waals surface area (Å²) in [5.41, 5.74) is -3.06. The van der Waals surface area contributed by atoms with Gasteiger partial charge >= 0.3 is 241 Å². The number of Topliss-reactive ketones (excluding diaryl/α,β-unsaturated/α-hetero) is 6. The van der Waals surface area contributed by atoms with E-state index in [2.05, 4.69) is 0 Å². The van der Waals surface area contributed by atoms with Gasteiger partial charge in [-0.15, -0.1) is 0 Å². The number of ketones is 6. The van der Waals surface area contributed by atoms with Crippen molar-refractivity contribution >= 4 is 69.9 Å². The van der Waals surface area contributed by atoms with E-state index in [4.69, 9.17) is 10.6 Å². The molecule has 12 nitrogen and oxygen atoms in total. The molecular weight excluding hydrogens is 586 g/mol. The molecule has 0 aliphatic carbocycles. The Labute approximate surface area is 240 Å². The molecule has 0 fully saturated rings. The molecule has 40 heavy (non-hydrogen) atoms. The second-order valence-corrected chi connectivity index (χ2v) is 15.5. The van der Waals surface area contributed by atoms with Crippen LogP contribution in [-0.2, 0) is 53.7 Å². The summed E-state index contributed by atoms with van der Waals surface area (Å²) in [5.74, 6) is -15.4. The summed E-state index contributed by atoms with van der Waals surface area (Å²) in [6.45, 7) is 16.9. The Morgan fingerprint density at radius 3 is 0.725 bits per heavy atom. The van der Waals surface area contributed by atoms with Crippen LogP contribution in [0.15, 0.2) is 0 Å². The third-order valence-electron chi connectivity index (χ3n) is 5.82. The molecular formula is C27H39GaO12. The van der Waals surface area contributed by atoms with Crippen LogP contribution in [0.25, 0.3) is 0 Å². The van der Waals surface area contributed by atoms with Gasteiger partial charge in [0.15, 0.2) is 0 Å². The second-order valence-electron chi connectivity index (χ2n) is 12.8. The molecule has 0 saturated heterocycles. The molecule has 0 radical (unpaired) electrons. The third kappa shape index (κ3) is 10.2. The van der Waals surface area contributed by atoms with Crippen molar-refractivity contribution in [2.75, 3.05) is 0 Å². The molecule has 0 spiro atoms. The maximum atomic E-state index is 12.8. The zero-order valence-electron chi connectivity index (χ0n) is 25.2. The molecule has 3 unspecified atom stereocenters. The molecule has 3 atom stereocenters. The number of rotatable bonds is 12. The average molecular weight is 625 g/mol. The normalized spacial score (nSPS) is 14.1. The van der Waals surface area contributed by atoms with Crippen LogP contribution in [0.2, 0.25) is 0 Å². The predicted molar refractivity (Wildman–Crippen MR) is 140 cm³/mol. The molecule has 0 N–H and O–H groups in total. The summed E-state index contributed by atoms with van der Waals surface area (Å²) in [6, 6.07) is 0. The van der Waals surface area contributed by atoms with E-state index in [-0.39, 0.29) is 0 Å². The Morgan fingerprint density at radius 1 is 0.425 bits per heavy atom. The molecule has 0 aromatic carbocycles. The molecule has 0 rings (SSSR count). The van der Waals surface area contributed by atoms with Gasteiger partial charge in [-0.2, -0.15) is 0 Å². The van der Waals surface area contributed by atoms with Crippen molar-refractivity contribution in [3.8, 4) is 0 Å². The summed E-state index contributed by atoms with van der Waals surface area (Å²) >= 11 is -5.12. The first-order chi connectivity index (χ1) is 17.7. The van der Waals surface area contributed by atoms with Crippen LogP contribution in [0.5, 0.6) is 0 Å². The quantitative estimate of drug-likeness (QED) is 0.175. The van der Waals surface area contributed by atoms with E-state index in [0.717, 1.165) is 20.8 Å². The Balaban J connectivity index is 6.39. The van der Waals surface area contributed by atoms with Crippen molar-refractivity contribution in [1.82, 2.24) is 0 Å². The van der Waals surface area contributed by atoms with E-state index in [1.807, 2.05) is 0 Å². The van der Waals surface area contributed by atoms with Gasteiger partial charge in [-0.3, -0.25) is 0 Å². The fourth-order valence-electron chi connectivity index (χ4n) is 4.43. The van der Waals surface area contributed by atoms with Crippen LogP contribution in [0, 0.1) is 34.0 Å². The molecule has 0 heterocycles. The van der Waals surface area contributed by atoms with Crippen LogP contribution in [0.4, 0.5) is 0 Å². The number of hydrogen-bond donors (Lipinski definition) is 0. The van der Waals surface area contributed by atoms with E-state index in [9.17, 15) is 43.2 Å².